The second kappa shape index (κ2) is 6.92. The second-order valence-electron chi connectivity index (χ2n) is 6.20. The summed E-state index contributed by atoms with van der Waals surface area (Å²) in [6.45, 7) is 9.10. The number of pyridine rings is 1. The topological polar surface area (TPSA) is 42.1 Å². The Bertz CT molecular complexity index is 407. The van der Waals surface area contributed by atoms with Gasteiger partial charge in [0.15, 0.2) is 0 Å². The van der Waals surface area contributed by atoms with Crippen LogP contribution in [0.1, 0.15) is 45.2 Å². The van der Waals surface area contributed by atoms with Gasteiger partial charge < -0.3 is 5.73 Å². The van der Waals surface area contributed by atoms with Gasteiger partial charge in [0.05, 0.1) is 6.04 Å². The molecule has 1 aromatic rings. The number of hydrogen-bond donors (Lipinski definition) is 1. The third-order valence-electron chi connectivity index (χ3n) is 4.17. The standard InChI is InChI=1S/C16H27N3S/c1-4-14(17)15(13-6-5-8-18-12-13)19-9-7-16(2,3)20-11-10-19/h5-6,8,12,14-15H,4,7,9-11,17H2,1-3H3. The van der Waals surface area contributed by atoms with Crippen molar-refractivity contribution in [2.75, 3.05) is 18.8 Å². The lowest BCUT2D eigenvalue weighted by Crippen LogP contribution is -2.42. The molecule has 4 heteroatoms. The first kappa shape index (κ1) is 15.8. The Morgan fingerprint density at radius 1 is 1.45 bits per heavy atom. The van der Waals surface area contributed by atoms with Crippen LogP contribution in [0.4, 0.5) is 0 Å². The molecule has 2 N–H and O–H groups in total. The summed E-state index contributed by atoms with van der Waals surface area (Å²) in [5.74, 6) is 1.18. The fourth-order valence-electron chi connectivity index (χ4n) is 2.82. The molecule has 0 aliphatic carbocycles. The van der Waals surface area contributed by atoms with E-state index in [4.69, 9.17) is 5.73 Å². The molecular weight excluding hydrogens is 266 g/mol. The maximum atomic E-state index is 6.42. The van der Waals surface area contributed by atoms with Gasteiger partial charge in [-0.3, -0.25) is 9.88 Å². The van der Waals surface area contributed by atoms with Gasteiger partial charge in [-0.15, -0.1) is 0 Å². The Kier molecular flexibility index (Phi) is 5.47. The van der Waals surface area contributed by atoms with Gasteiger partial charge in [-0.25, -0.2) is 0 Å². The second-order valence-corrected chi connectivity index (χ2v) is 8.00. The zero-order valence-corrected chi connectivity index (χ0v) is 13.7. The van der Waals surface area contributed by atoms with Gasteiger partial charge >= 0.3 is 0 Å². The minimum Gasteiger partial charge on any atom is -0.326 e. The predicted molar refractivity (Wildman–Crippen MR) is 88.0 cm³/mol. The van der Waals surface area contributed by atoms with Crippen LogP contribution in [0.15, 0.2) is 24.5 Å². The summed E-state index contributed by atoms with van der Waals surface area (Å²) < 4.78 is 0.380. The molecular formula is C16H27N3S. The summed E-state index contributed by atoms with van der Waals surface area (Å²) in [6.07, 6.45) is 6.01. The molecule has 1 fully saturated rings. The van der Waals surface area contributed by atoms with E-state index in [0.29, 0.717) is 10.8 Å². The Morgan fingerprint density at radius 2 is 2.25 bits per heavy atom. The number of rotatable bonds is 4. The lowest BCUT2D eigenvalue weighted by Gasteiger charge is -2.35. The van der Waals surface area contributed by atoms with Crippen LogP contribution < -0.4 is 5.73 Å². The summed E-state index contributed by atoms with van der Waals surface area (Å²) in [6, 6.07) is 4.64. The molecule has 20 heavy (non-hydrogen) atoms. The molecule has 0 bridgehead atoms. The first-order chi connectivity index (χ1) is 9.53. The minimum absolute atomic E-state index is 0.172. The van der Waals surface area contributed by atoms with Gasteiger partial charge in [-0.1, -0.05) is 26.8 Å². The molecule has 0 radical (unpaired) electrons. The highest BCUT2D eigenvalue weighted by Crippen LogP contribution is 2.34. The van der Waals surface area contributed by atoms with E-state index in [0.717, 1.165) is 19.5 Å². The lowest BCUT2D eigenvalue weighted by atomic mass is 9.97. The van der Waals surface area contributed by atoms with Crippen LogP contribution in [0.2, 0.25) is 0 Å². The van der Waals surface area contributed by atoms with Crippen molar-refractivity contribution in [3.05, 3.63) is 30.1 Å². The summed E-state index contributed by atoms with van der Waals surface area (Å²) in [4.78, 5) is 6.84. The number of hydrogen-bond acceptors (Lipinski definition) is 4. The van der Waals surface area contributed by atoms with Crippen molar-refractivity contribution in [3.63, 3.8) is 0 Å². The molecule has 2 atom stereocenters. The Balaban J connectivity index is 2.19. The van der Waals surface area contributed by atoms with Gasteiger partial charge in [0.25, 0.3) is 0 Å². The summed E-state index contributed by atoms with van der Waals surface area (Å²) in [7, 11) is 0. The molecule has 112 valence electrons. The molecule has 1 aliphatic heterocycles. The SMILES string of the molecule is CCC(N)C(c1cccnc1)N1CCSC(C)(C)CC1. The lowest BCUT2D eigenvalue weighted by molar-refractivity contribution is 0.176. The molecule has 1 saturated heterocycles. The first-order valence-electron chi connectivity index (χ1n) is 7.57. The van der Waals surface area contributed by atoms with E-state index in [9.17, 15) is 0 Å². The van der Waals surface area contributed by atoms with Crippen LogP contribution in [0.25, 0.3) is 0 Å². The quantitative estimate of drug-likeness (QED) is 0.926. The van der Waals surface area contributed by atoms with Crippen molar-refractivity contribution in [1.29, 1.82) is 0 Å². The summed E-state index contributed by atoms with van der Waals surface area (Å²) >= 11 is 2.08. The number of aromatic nitrogens is 1. The molecule has 0 spiro atoms. The van der Waals surface area contributed by atoms with Gasteiger partial charge in [0, 0.05) is 42.0 Å². The molecule has 0 aromatic carbocycles. The first-order valence-corrected chi connectivity index (χ1v) is 8.55. The third kappa shape index (κ3) is 3.96. The van der Waals surface area contributed by atoms with E-state index >= 15 is 0 Å². The maximum Gasteiger partial charge on any atom is 0.0514 e. The van der Waals surface area contributed by atoms with E-state index in [1.54, 1.807) is 0 Å². The van der Waals surface area contributed by atoms with E-state index in [1.165, 1.54) is 17.7 Å². The Morgan fingerprint density at radius 3 is 2.90 bits per heavy atom. The smallest absolute Gasteiger partial charge is 0.0514 e. The van der Waals surface area contributed by atoms with Crippen LogP contribution >= 0.6 is 11.8 Å². The normalized spacial score (nSPS) is 23.0. The number of thioether (sulfide) groups is 1. The highest BCUT2D eigenvalue weighted by Gasteiger charge is 2.30. The number of nitrogens with zero attached hydrogens (tertiary/aromatic N) is 2. The van der Waals surface area contributed by atoms with Crippen molar-refractivity contribution >= 4 is 11.8 Å². The van der Waals surface area contributed by atoms with Gasteiger partial charge in [-0.05, 0) is 24.5 Å². The van der Waals surface area contributed by atoms with Crippen LogP contribution in [0, 0.1) is 0 Å². The molecule has 2 rings (SSSR count). The predicted octanol–water partition coefficient (Wildman–Crippen LogP) is 3.08. The Labute approximate surface area is 127 Å². The monoisotopic (exact) mass is 293 g/mol. The van der Waals surface area contributed by atoms with Crippen LogP contribution in [0.5, 0.6) is 0 Å². The molecule has 2 unspecified atom stereocenters. The van der Waals surface area contributed by atoms with Crippen molar-refractivity contribution in [2.45, 2.75) is 50.4 Å². The van der Waals surface area contributed by atoms with E-state index < -0.39 is 0 Å². The van der Waals surface area contributed by atoms with Gasteiger partial charge in [0.1, 0.15) is 0 Å². The molecule has 1 aliphatic rings. The Hall–Kier alpha value is -0.580. The minimum atomic E-state index is 0.172. The largest absolute Gasteiger partial charge is 0.326 e. The van der Waals surface area contributed by atoms with Gasteiger partial charge in [0.2, 0.25) is 0 Å². The summed E-state index contributed by atoms with van der Waals surface area (Å²) in [5, 5.41) is 0. The third-order valence-corrected chi connectivity index (χ3v) is 5.54. The zero-order valence-electron chi connectivity index (χ0n) is 12.9. The van der Waals surface area contributed by atoms with Crippen molar-refractivity contribution < 1.29 is 0 Å². The maximum absolute atomic E-state index is 6.42. The van der Waals surface area contributed by atoms with Crippen molar-refractivity contribution in [2.24, 2.45) is 5.73 Å². The molecule has 0 amide bonds. The van der Waals surface area contributed by atoms with Crippen LogP contribution in [-0.4, -0.2) is 39.5 Å². The van der Waals surface area contributed by atoms with Crippen LogP contribution in [0.3, 0.4) is 0 Å². The molecule has 0 saturated carbocycles. The molecule has 3 nitrogen and oxygen atoms in total. The molecule has 2 heterocycles. The van der Waals surface area contributed by atoms with Crippen molar-refractivity contribution in [1.82, 2.24) is 9.88 Å². The average molecular weight is 293 g/mol. The fourth-order valence-corrected chi connectivity index (χ4v) is 3.93. The zero-order chi connectivity index (χ0) is 14.6. The van der Waals surface area contributed by atoms with E-state index in [1.807, 2.05) is 18.5 Å². The highest BCUT2D eigenvalue weighted by atomic mass is 32.2. The van der Waals surface area contributed by atoms with E-state index in [2.05, 4.69) is 48.5 Å². The average Bonchev–Trinajstić information content (AvgIpc) is 2.62. The highest BCUT2D eigenvalue weighted by molar-refractivity contribution is 8.00. The molecule has 1 aromatic heterocycles. The number of nitrogens with two attached hydrogens (primary N) is 1. The van der Waals surface area contributed by atoms with Crippen molar-refractivity contribution in [3.8, 4) is 0 Å². The summed E-state index contributed by atoms with van der Waals surface area (Å²) in [5.41, 5.74) is 7.68. The van der Waals surface area contributed by atoms with E-state index in [-0.39, 0.29) is 6.04 Å². The van der Waals surface area contributed by atoms with Crippen LogP contribution in [-0.2, 0) is 0 Å². The van der Waals surface area contributed by atoms with Gasteiger partial charge in [-0.2, -0.15) is 11.8 Å². The fraction of sp³-hybridized carbons (Fsp3) is 0.688.